The molecule has 0 fully saturated rings. The summed E-state index contributed by atoms with van der Waals surface area (Å²) in [4.78, 5) is 14.4. The second kappa shape index (κ2) is 3.84. The van der Waals surface area contributed by atoms with Crippen molar-refractivity contribution in [1.29, 1.82) is 0 Å². The van der Waals surface area contributed by atoms with E-state index in [2.05, 4.69) is 9.72 Å². The number of nitrogen functional groups attached to an aromatic ring is 1. The van der Waals surface area contributed by atoms with Crippen LogP contribution in [0.3, 0.4) is 0 Å². The number of ether oxygens (including phenoxy) is 1. The zero-order valence-electron chi connectivity index (χ0n) is 7.08. The topological polar surface area (TPSA) is 65.2 Å². The number of nitrogens with two attached hydrogens (primary N) is 1. The van der Waals surface area contributed by atoms with Gasteiger partial charge in [0.05, 0.1) is 19.2 Å². The lowest BCUT2D eigenvalue weighted by atomic mass is 10.2. The molecule has 0 atom stereocenters. The predicted octanol–water partition coefficient (Wildman–Crippen LogP) is 0.518. The van der Waals surface area contributed by atoms with Crippen LogP contribution in [0.5, 0.6) is 0 Å². The Morgan fingerprint density at radius 2 is 2.38 bits per heavy atom. The van der Waals surface area contributed by atoms with Crippen LogP contribution < -0.4 is 5.73 Å². The van der Waals surface area contributed by atoms with Gasteiger partial charge in [-0.15, -0.1) is 0 Å². The smallest absolute Gasteiger partial charge is 0.311 e. The molecule has 0 aliphatic carbocycles. The molecule has 1 aromatic rings. The molecule has 0 amide bonds. The van der Waals surface area contributed by atoms with Crippen molar-refractivity contribution in [2.45, 2.75) is 6.42 Å². The van der Waals surface area contributed by atoms with Crippen LogP contribution in [0.1, 0.15) is 5.69 Å². The Kier molecular flexibility index (Phi) is 2.79. The van der Waals surface area contributed by atoms with Crippen LogP contribution in [-0.4, -0.2) is 18.1 Å². The summed E-state index contributed by atoms with van der Waals surface area (Å²) < 4.78 is 17.0. The van der Waals surface area contributed by atoms with Gasteiger partial charge in [0.1, 0.15) is 0 Å². The third-order valence-electron chi connectivity index (χ3n) is 1.48. The van der Waals surface area contributed by atoms with Gasteiger partial charge in [-0.05, 0) is 12.1 Å². The number of pyridine rings is 1. The van der Waals surface area contributed by atoms with Gasteiger partial charge in [-0.3, -0.25) is 4.79 Å². The number of hydrogen-bond donors (Lipinski definition) is 1. The maximum Gasteiger partial charge on any atom is 0.311 e. The van der Waals surface area contributed by atoms with Crippen LogP contribution in [0, 0.1) is 5.82 Å². The lowest BCUT2D eigenvalue weighted by Gasteiger charge is -2.00. The number of anilines is 1. The average molecular weight is 184 g/mol. The summed E-state index contributed by atoms with van der Waals surface area (Å²) in [5, 5.41) is 0. The van der Waals surface area contributed by atoms with Crippen molar-refractivity contribution in [3.8, 4) is 0 Å². The van der Waals surface area contributed by atoms with Crippen molar-refractivity contribution in [3.05, 3.63) is 23.6 Å². The molecule has 0 aromatic carbocycles. The Bertz CT molecular complexity index is 328. The van der Waals surface area contributed by atoms with Crippen LogP contribution in [0.25, 0.3) is 0 Å². The second-order valence-corrected chi connectivity index (χ2v) is 2.42. The molecule has 4 nitrogen and oxygen atoms in total. The van der Waals surface area contributed by atoms with Crippen molar-refractivity contribution >= 4 is 11.8 Å². The van der Waals surface area contributed by atoms with Gasteiger partial charge in [0.2, 0.25) is 0 Å². The molecule has 0 saturated carbocycles. The Morgan fingerprint density at radius 1 is 1.69 bits per heavy atom. The summed E-state index contributed by atoms with van der Waals surface area (Å²) >= 11 is 0. The normalized spacial score (nSPS) is 9.69. The Labute approximate surface area is 74.5 Å². The summed E-state index contributed by atoms with van der Waals surface area (Å²) in [6.07, 6.45) is 0.000972. The molecule has 13 heavy (non-hydrogen) atoms. The minimum atomic E-state index is -0.589. The van der Waals surface area contributed by atoms with Crippen LogP contribution in [-0.2, 0) is 16.0 Å². The fourth-order valence-corrected chi connectivity index (χ4v) is 0.819. The highest BCUT2D eigenvalue weighted by Gasteiger charge is 2.06. The molecule has 1 aromatic heterocycles. The predicted molar refractivity (Wildman–Crippen MR) is 44.3 cm³/mol. The number of aromatic nitrogens is 1. The number of methoxy groups -OCH3 is 1. The van der Waals surface area contributed by atoms with Crippen LogP contribution in [0.2, 0.25) is 0 Å². The van der Waals surface area contributed by atoms with E-state index in [0.717, 1.165) is 0 Å². The van der Waals surface area contributed by atoms with E-state index in [1.54, 1.807) is 0 Å². The standard InChI is InChI=1S/C8H9FN2O2/c1-13-7(12)4-5-2-3-6(9)8(10)11-5/h2-3H,4H2,1H3,(H2,10,11). The molecule has 0 bridgehead atoms. The largest absolute Gasteiger partial charge is 0.469 e. The molecule has 0 radical (unpaired) electrons. The monoisotopic (exact) mass is 184 g/mol. The first-order valence-corrected chi connectivity index (χ1v) is 3.61. The number of carbonyl (C=O) groups excluding carboxylic acids is 1. The Morgan fingerprint density at radius 3 is 2.92 bits per heavy atom. The van der Waals surface area contributed by atoms with Crippen molar-refractivity contribution in [2.75, 3.05) is 12.8 Å². The zero-order chi connectivity index (χ0) is 9.84. The first-order chi connectivity index (χ1) is 6.13. The molecule has 2 N–H and O–H groups in total. The second-order valence-electron chi connectivity index (χ2n) is 2.42. The van der Waals surface area contributed by atoms with Gasteiger partial charge in [-0.2, -0.15) is 0 Å². The molecular weight excluding hydrogens is 175 g/mol. The maximum atomic E-state index is 12.6. The van der Waals surface area contributed by atoms with E-state index in [1.165, 1.54) is 19.2 Å². The van der Waals surface area contributed by atoms with E-state index in [1.807, 2.05) is 0 Å². The van der Waals surface area contributed by atoms with E-state index >= 15 is 0 Å². The van der Waals surface area contributed by atoms with E-state index in [9.17, 15) is 9.18 Å². The summed E-state index contributed by atoms with van der Waals surface area (Å²) in [6, 6.07) is 2.56. The van der Waals surface area contributed by atoms with E-state index in [0.29, 0.717) is 5.69 Å². The molecule has 70 valence electrons. The minimum Gasteiger partial charge on any atom is -0.469 e. The van der Waals surface area contributed by atoms with Gasteiger partial charge in [-0.25, -0.2) is 9.37 Å². The highest BCUT2D eigenvalue weighted by atomic mass is 19.1. The first kappa shape index (κ1) is 9.44. The Hall–Kier alpha value is -1.65. The van der Waals surface area contributed by atoms with Gasteiger partial charge in [0.25, 0.3) is 0 Å². The summed E-state index contributed by atoms with van der Waals surface area (Å²) in [6.45, 7) is 0. The fraction of sp³-hybridized carbons (Fsp3) is 0.250. The molecular formula is C8H9FN2O2. The third-order valence-corrected chi connectivity index (χ3v) is 1.48. The highest BCUT2D eigenvalue weighted by molar-refractivity contribution is 5.71. The van der Waals surface area contributed by atoms with Gasteiger partial charge >= 0.3 is 5.97 Å². The van der Waals surface area contributed by atoms with Gasteiger partial charge in [0.15, 0.2) is 11.6 Å². The molecule has 0 aliphatic heterocycles. The SMILES string of the molecule is COC(=O)Cc1ccc(F)c(N)n1. The number of halogens is 1. The van der Waals surface area contributed by atoms with Crippen LogP contribution in [0.15, 0.2) is 12.1 Å². The summed E-state index contributed by atoms with van der Waals surface area (Å²) in [5.41, 5.74) is 5.59. The molecule has 1 rings (SSSR count). The zero-order valence-corrected chi connectivity index (χ0v) is 7.08. The van der Waals surface area contributed by atoms with Gasteiger partial charge in [0, 0.05) is 0 Å². The van der Waals surface area contributed by atoms with E-state index in [4.69, 9.17) is 5.73 Å². The van der Waals surface area contributed by atoms with E-state index < -0.39 is 11.8 Å². The van der Waals surface area contributed by atoms with Crippen molar-refractivity contribution < 1.29 is 13.9 Å². The Balaban J connectivity index is 2.79. The highest BCUT2D eigenvalue weighted by Crippen LogP contribution is 2.07. The number of nitrogens with zero attached hydrogens (tertiary/aromatic N) is 1. The number of rotatable bonds is 2. The maximum absolute atomic E-state index is 12.6. The minimum absolute atomic E-state index is 0.000972. The van der Waals surface area contributed by atoms with Gasteiger partial charge in [-0.1, -0.05) is 0 Å². The fourth-order valence-electron chi connectivity index (χ4n) is 0.819. The first-order valence-electron chi connectivity index (χ1n) is 3.61. The van der Waals surface area contributed by atoms with Crippen molar-refractivity contribution in [1.82, 2.24) is 4.98 Å². The average Bonchev–Trinajstić information content (AvgIpc) is 2.11. The quantitative estimate of drug-likeness (QED) is 0.680. The van der Waals surface area contributed by atoms with Crippen molar-refractivity contribution in [3.63, 3.8) is 0 Å². The summed E-state index contributed by atoms with van der Waals surface area (Å²) in [7, 11) is 1.27. The number of hydrogen-bond acceptors (Lipinski definition) is 4. The van der Waals surface area contributed by atoms with E-state index in [-0.39, 0.29) is 12.2 Å². The third kappa shape index (κ3) is 2.40. The number of carbonyl (C=O) groups is 1. The molecule has 0 saturated heterocycles. The molecule has 0 spiro atoms. The number of esters is 1. The molecule has 0 unspecified atom stereocenters. The lowest BCUT2D eigenvalue weighted by Crippen LogP contribution is -2.07. The summed E-state index contributed by atoms with van der Waals surface area (Å²) in [5.74, 6) is -1.23. The molecule has 0 aliphatic rings. The van der Waals surface area contributed by atoms with Crippen molar-refractivity contribution in [2.24, 2.45) is 0 Å². The van der Waals surface area contributed by atoms with Crippen LogP contribution >= 0.6 is 0 Å². The van der Waals surface area contributed by atoms with Gasteiger partial charge < -0.3 is 10.5 Å². The molecule has 1 heterocycles. The molecule has 5 heteroatoms. The lowest BCUT2D eigenvalue weighted by molar-refractivity contribution is -0.139. The van der Waals surface area contributed by atoms with Crippen LogP contribution in [0.4, 0.5) is 10.2 Å².